The highest BCUT2D eigenvalue weighted by Gasteiger charge is 2.39. The van der Waals surface area contributed by atoms with Crippen LogP contribution in [0.15, 0.2) is 17.5 Å². The van der Waals surface area contributed by atoms with Crippen LogP contribution in [0.1, 0.15) is 17.7 Å². The zero-order valence-electron chi connectivity index (χ0n) is 14.0. The molecular weight excluding hydrogens is 328 g/mol. The van der Waals surface area contributed by atoms with Gasteiger partial charge in [-0.3, -0.25) is 9.69 Å². The molecule has 4 unspecified atom stereocenters. The first-order valence-corrected chi connectivity index (χ1v) is 9.39. The second-order valence-electron chi connectivity index (χ2n) is 6.54. The van der Waals surface area contributed by atoms with Crippen molar-refractivity contribution < 1.29 is 19.4 Å². The molecule has 1 aromatic rings. The number of hydrogen-bond donors (Lipinski definition) is 2. The predicted octanol–water partition coefficient (Wildman–Crippen LogP) is 0.646. The van der Waals surface area contributed by atoms with Crippen molar-refractivity contribution in [2.45, 2.75) is 43.6 Å². The number of methoxy groups -OCH3 is 1. The Morgan fingerprint density at radius 1 is 1.58 bits per heavy atom. The highest BCUT2D eigenvalue weighted by atomic mass is 32.1. The molecule has 0 aromatic carbocycles. The molecule has 4 atom stereocenters. The van der Waals surface area contributed by atoms with Crippen LogP contribution >= 0.6 is 11.3 Å². The topological polar surface area (TPSA) is 71.0 Å². The monoisotopic (exact) mass is 354 g/mol. The zero-order valence-corrected chi connectivity index (χ0v) is 14.8. The van der Waals surface area contributed by atoms with Crippen molar-refractivity contribution in [3.05, 3.63) is 22.4 Å². The van der Waals surface area contributed by atoms with E-state index >= 15 is 0 Å². The van der Waals surface area contributed by atoms with Gasteiger partial charge in [0, 0.05) is 24.6 Å². The van der Waals surface area contributed by atoms with Crippen molar-refractivity contribution in [2.24, 2.45) is 0 Å². The van der Waals surface area contributed by atoms with E-state index in [1.54, 1.807) is 18.4 Å². The number of aliphatic hydroxyl groups is 1. The molecule has 0 aliphatic carbocycles. The third-order valence-electron chi connectivity index (χ3n) is 4.82. The summed E-state index contributed by atoms with van der Waals surface area (Å²) < 4.78 is 11.0. The van der Waals surface area contributed by atoms with E-state index in [2.05, 4.69) is 10.2 Å². The Morgan fingerprint density at radius 3 is 3.21 bits per heavy atom. The lowest BCUT2D eigenvalue weighted by Crippen LogP contribution is -2.48. The summed E-state index contributed by atoms with van der Waals surface area (Å²) in [6.45, 7) is 2.77. The third-order valence-corrected chi connectivity index (χ3v) is 5.69. The summed E-state index contributed by atoms with van der Waals surface area (Å²) >= 11 is 1.56. The molecule has 0 bridgehead atoms. The van der Waals surface area contributed by atoms with Crippen LogP contribution in [0.3, 0.4) is 0 Å². The third kappa shape index (κ3) is 4.34. The quantitative estimate of drug-likeness (QED) is 0.752. The molecule has 0 radical (unpaired) electrons. The van der Waals surface area contributed by atoms with Crippen molar-refractivity contribution in [1.29, 1.82) is 0 Å². The maximum Gasteiger partial charge on any atom is 0.225 e. The molecule has 2 aliphatic rings. The van der Waals surface area contributed by atoms with E-state index in [0.717, 1.165) is 24.3 Å². The van der Waals surface area contributed by atoms with E-state index in [9.17, 15) is 9.90 Å². The summed E-state index contributed by atoms with van der Waals surface area (Å²) in [5.74, 6) is -0.0656. The summed E-state index contributed by atoms with van der Waals surface area (Å²) in [5, 5.41) is 15.4. The molecule has 0 saturated carbocycles. The van der Waals surface area contributed by atoms with Gasteiger partial charge in [-0.2, -0.15) is 0 Å². The fourth-order valence-corrected chi connectivity index (χ4v) is 4.25. The van der Waals surface area contributed by atoms with Gasteiger partial charge in [0.2, 0.25) is 5.91 Å². The summed E-state index contributed by atoms with van der Waals surface area (Å²) in [6.07, 6.45) is 1.71. The minimum atomic E-state index is -0.666. The van der Waals surface area contributed by atoms with Crippen LogP contribution < -0.4 is 5.32 Å². The van der Waals surface area contributed by atoms with Gasteiger partial charge < -0.3 is 19.9 Å². The number of thiophene rings is 1. The fourth-order valence-electron chi connectivity index (χ4n) is 3.55. The molecule has 3 heterocycles. The Labute approximate surface area is 146 Å². The van der Waals surface area contributed by atoms with Gasteiger partial charge in [-0.25, -0.2) is 0 Å². The molecule has 1 aromatic heterocycles. The van der Waals surface area contributed by atoms with E-state index < -0.39 is 6.10 Å². The average Bonchev–Trinajstić information content (AvgIpc) is 3.27. The van der Waals surface area contributed by atoms with Crippen molar-refractivity contribution in [1.82, 2.24) is 10.2 Å². The number of nitrogens with zero attached hydrogens (tertiary/aromatic N) is 1. The average molecular weight is 354 g/mol. The molecule has 134 valence electrons. The number of amides is 1. The molecular formula is C17H26N2O4S. The summed E-state index contributed by atoms with van der Waals surface area (Å²) in [4.78, 5) is 15.5. The van der Waals surface area contributed by atoms with Gasteiger partial charge in [0.15, 0.2) is 0 Å². The Hall–Kier alpha value is -0.990. The molecule has 2 fully saturated rings. The fraction of sp³-hybridized carbons (Fsp3) is 0.706. The van der Waals surface area contributed by atoms with Gasteiger partial charge in [-0.15, -0.1) is 11.3 Å². The minimum absolute atomic E-state index is 0.0656. The van der Waals surface area contributed by atoms with Crippen molar-refractivity contribution >= 4 is 17.2 Å². The normalized spacial score (nSPS) is 30.8. The van der Waals surface area contributed by atoms with E-state index in [4.69, 9.17) is 9.47 Å². The number of nitrogens with one attached hydrogen (secondary N) is 1. The molecule has 24 heavy (non-hydrogen) atoms. The molecule has 7 heteroatoms. The van der Waals surface area contributed by atoms with Crippen LogP contribution in [-0.2, 0) is 20.7 Å². The van der Waals surface area contributed by atoms with Gasteiger partial charge in [-0.1, -0.05) is 6.07 Å². The molecule has 3 rings (SSSR count). The van der Waals surface area contributed by atoms with Crippen LogP contribution in [0.5, 0.6) is 0 Å². The van der Waals surface area contributed by atoms with Crippen molar-refractivity contribution in [3.63, 3.8) is 0 Å². The Bertz CT molecular complexity index is 525. The van der Waals surface area contributed by atoms with Crippen LogP contribution in [-0.4, -0.2) is 73.6 Å². The number of carbonyl (C=O) groups is 1. The first-order chi connectivity index (χ1) is 11.7. The SMILES string of the molecule is COCC1CCCN1CC1OCC(NC(=O)Cc2cccs2)C1O. The second kappa shape index (κ2) is 8.40. The highest BCUT2D eigenvalue weighted by molar-refractivity contribution is 7.10. The molecule has 2 aliphatic heterocycles. The van der Waals surface area contributed by atoms with Crippen LogP contribution in [0, 0.1) is 0 Å². The largest absolute Gasteiger partial charge is 0.388 e. The maximum absolute atomic E-state index is 12.1. The van der Waals surface area contributed by atoms with Gasteiger partial charge in [0.1, 0.15) is 6.10 Å². The number of ether oxygens (including phenoxy) is 2. The van der Waals surface area contributed by atoms with Crippen LogP contribution in [0.25, 0.3) is 0 Å². The minimum Gasteiger partial charge on any atom is -0.388 e. The summed E-state index contributed by atoms with van der Waals surface area (Å²) in [7, 11) is 1.72. The lowest BCUT2D eigenvalue weighted by molar-refractivity contribution is -0.121. The first-order valence-electron chi connectivity index (χ1n) is 8.51. The van der Waals surface area contributed by atoms with E-state index in [0.29, 0.717) is 32.2 Å². The van der Waals surface area contributed by atoms with Crippen LogP contribution in [0.2, 0.25) is 0 Å². The van der Waals surface area contributed by atoms with Crippen molar-refractivity contribution in [2.75, 3.05) is 33.4 Å². The van der Waals surface area contributed by atoms with E-state index in [1.165, 1.54) is 0 Å². The Balaban J connectivity index is 1.47. The van der Waals surface area contributed by atoms with Gasteiger partial charge in [0.05, 0.1) is 31.8 Å². The van der Waals surface area contributed by atoms with E-state index in [-0.39, 0.29) is 18.1 Å². The summed E-state index contributed by atoms with van der Waals surface area (Å²) in [5.41, 5.74) is 0. The summed E-state index contributed by atoms with van der Waals surface area (Å²) in [6, 6.07) is 3.95. The molecule has 1 amide bonds. The maximum atomic E-state index is 12.1. The zero-order chi connectivity index (χ0) is 16.9. The standard InChI is InChI=1S/C17H26N2O4S/c1-22-10-12-4-2-6-19(12)9-15-17(21)14(11-23-15)18-16(20)8-13-5-3-7-24-13/h3,5,7,12,14-15,17,21H,2,4,6,8-11H2,1H3,(H,18,20). The number of carbonyl (C=O) groups excluding carboxylic acids is 1. The van der Waals surface area contributed by atoms with Gasteiger partial charge >= 0.3 is 0 Å². The Kier molecular flexibility index (Phi) is 6.24. The lowest BCUT2D eigenvalue weighted by atomic mass is 10.1. The smallest absolute Gasteiger partial charge is 0.225 e. The lowest BCUT2D eigenvalue weighted by Gasteiger charge is -2.28. The Morgan fingerprint density at radius 2 is 2.46 bits per heavy atom. The van der Waals surface area contributed by atoms with Crippen molar-refractivity contribution in [3.8, 4) is 0 Å². The first kappa shape index (κ1) is 17.8. The number of aliphatic hydroxyl groups excluding tert-OH is 1. The number of hydrogen-bond acceptors (Lipinski definition) is 6. The molecule has 0 spiro atoms. The van der Waals surface area contributed by atoms with Gasteiger partial charge in [-0.05, 0) is 30.8 Å². The highest BCUT2D eigenvalue weighted by Crippen LogP contribution is 2.22. The molecule has 6 nitrogen and oxygen atoms in total. The molecule has 2 N–H and O–H groups in total. The second-order valence-corrected chi connectivity index (χ2v) is 7.57. The number of likely N-dealkylation sites (tertiary alicyclic amines) is 1. The van der Waals surface area contributed by atoms with Gasteiger partial charge in [0.25, 0.3) is 0 Å². The van der Waals surface area contributed by atoms with E-state index in [1.807, 2.05) is 17.5 Å². The number of rotatable bonds is 7. The molecule has 2 saturated heterocycles. The van der Waals surface area contributed by atoms with Crippen LogP contribution in [0.4, 0.5) is 0 Å². The predicted molar refractivity (Wildman–Crippen MR) is 92.2 cm³/mol.